The number of carbonyl (C=O) groups is 1. The first-order valence-corrected chi connectivity index (χ1v) is 10.3. The van der Waals surface area contributed by atoms with Gasteiger partial charge in [0.1, 0.15) is 20.2 Å². The van der Waals surface area contributed by atoms with Crippen LogP contribution in [0.1, 0.15) is 25.0 Å². The van der Waals surface area contributed by atoms with Crippen LogP contribution in [0.2, 0.25) is 0 Å². The quantitative estimate of drug-likeness (QED) is 0.287. The smallest absolute Gasteiger partial charge is 0.347 e. The van der Waals surface area contributed by atoms with E-state index in [-0.39, 0.29) is 18.8 Å². The molecular weight excluding hydrogens is 379 g/mol. The van der Waals surface area contributed by atoms with Crippen LogP contribution in [-0.2, 0) is 25.7 Å². The summed E-state index contributed by atoms with van der Waals surface area (Å²) in [5.74, 6) is -0.449. The SMILES string of the molecule is Bc1ccc(/C(=N/OCC(=O)OCc2ccccc2)C(C)(C)N2CCOCC2)cc1. The Morgan fingerprint density at radius 3 is 2.43 bits per heavy atom. The van der Waals surface area contributed by atoms with Gasteiger partial charge in [-0.3, -0.25) is 4.90 Å². The largest absolute Gasteiger partial charge is 0.458 e. The number of esters is 1. The molecule has 1 fully saturated rings. The number of carbonyl (C=O) groups excluding carboxylic acids is 1. The second kappa shape index (κ2) is 10.4. The van der Waals surface area contributed by atoms with Crippen LogP contribution in [0.5, 0.6) is 0 Å². The van der Waals surface area contributed by atoms with Crippen LogP contribution < -0.4 is 5.46 Å². The zero-order valence-corrected chi connectivity index (χ0v) is 18.0. The molecule has 2 aromatic carbocycles. The highest BCUT2D eigenvalue weighted by molar-refractivity contribution is 6.32. The first-order valence-electron chi connectivity index (χ1n) is 10.3. The van der Waals surface area contributed by atoms with Crippen molar-refractivity contribution in [2.45, 2.75) is 26.0 Å². The van der Waals surface area contributed by atoms with Crippen molar-refractivity contribution in [1.29, 1.82) is 0 Å². The van der Waals surface area contributed by atoms with Gasteiger partial charge in [-0.2, -0.15) is 0 Å². The van der Waals surface area contributed by atoms with Crippen LogP contribution in [0.25, 0.3) is 0 Å². The zero-order valence-electron chi connectivity index (χ0n) is 18.0. The highest BCUT2D eigenvalue weighted by Crippen LogP contribution is 2.23. The third-order valence-electron chi connectivity index (χ3n) is 5.29. The van der Waals surface area contributed by atoms with Gasteiger partial charge in [0, 0.05) is 18.7 Å². The third-order valence-corrected chi connectivity index (χ3v) is 5.29. The summed E-state index contributed by atoms with van der Waals surface area (Å²) >= 11 is 0. The van der Waals surface area contributed by atoms with Crippen molar-refractivity contribution in [2.24, 2.45) is 5.16 Å². The Morgan fingerprint density at radius 2 is 1.77 bits per heavy atom. The van der Waals surface area contributed by atoms with Crippen LogP contribution in [0.15, 0.2) is 59.8 Å². The van der Waals surface area contributed by atoms with Gasteiger partial charge >= 0.3 is 5.97 Å². The topological polar surface area (TPSA) is 60.4 Å². The lowest BCUT2D eigenvalue weighted by Gasteiger charge is -2.41. The molecule has 7 heteroatoms. The maximum atomic E-state index is 12.1. The van der Waals surface area contributed by atoms with Gasteiger partial charge in [0.15, 0.2) is 0 Å². The van der Waals surface area contributed by atoms with Crippen molar-refractivity contribution in [3.8, 4) is 0 Å². The molecule has 0 bridgehead atoms. The monoisotopic (exact) mass is 408 g/mol. The second-order valence-corrected chi connectivity index (χ2v) is 7.88. The van der Waals surface area contributed by atoms with Gasteiger partial charge in [-0.25, -0.2) is 4.79 Å². The van der Waals surface area contributed by atoms with Crippen molar-refractivity contribution in [2.75, 3.05) is 32.9 Å². The average Bonchev–Trinajstić information content (AvgIpc) is 2.77. The molecule has 0 aromatic heterocycles. The van der Waals surface area contributed by atoms with Crippen LogP contribution in [0.3, 0.4) is 0 Å². The third kappa shape index (κ3) is 5.94. The van der Waals surface area contributed by atoms with Gasteiger partial charge in [0.05, 0.1) is 18.8 Å². The van der Waals surface area contributed by atoms with Crippen molar-refractivity contribution in [3.05, 3.63) is 65.7 Å². The van der Waals surface area contributed by atoms with Gasteiger partial charge in [-0.1, -0.05) is 65.2 Å². The number of oxime groups is 1. The van der Waals surface area contributed by atoms with E-state index in [2.05, 4.69) is 23.9 Å². The number of rotatable bonds is 8. The average molecular weight is 408 g/mol. The van der Waals surface area contributed by atoms with E-state index in [0.717, 1.165) is 29.9 Å². The molecule has 0 atom stereocenters. The van der Waals surface area contributed by atoms with Gasteiger partial charge in [-0.15, -0.1) is 0 Å². The summed E-state index contributed by atoms with van der Waals surface area (Å²) in [7, 11) is 2.05. The molecule has 0 unspecified atom stereocenters. The summed E-state index contributed by atoms with van der Waals surface area (Å²) in [4.78, 5) is 19.9. The normalized spacial score (nSPS) is 15.6. The molecule has 1 aliphatic rings. The molecule has 0 radical (unpaired) electrons. The fraction of sp³-hybridized carbons (Fsp3) is 0.391. The molecule has 1 aliphatic heterocycles. The Labute approximate surface area is 179 Å². The lowest BCUT2D eigenvalue weighted by atomic mass is 9.87. The molecular formula is C23H29BN2O4. The van der Waals surface area contributed by atoms with Gasteiger partial charge in [0.2, 0.25) is 6.61 Å². The van der Waals surface area contributed by atoms with Crippen molar-refractivity contribution < 1.29 is 19.1 Å². The number of morpholine rings is 1. The maximum absolute atomic E-state index is 12.1. The number of ether oxygens (including phenoxy) is 2. The molecule has 158 valence electrons. The Morgan fingerprint density at radius 1 is 1.10 bits per heavy atom. The number of hydrogen-bond donors (Lipinski definition) is 0. The molecule has 0 amide bonds. The molecule has 0 saturated carbocycles. The van der Waals surface area contributed by atoms with Gasteiger partial charge in [0.25, 0.3) is 0 Å². The van der Waals surface area contributed by atoms with E-state index in [1.807, 2.05) is 62.4 Å². The first-order chi connectivity index (χ1) is 14.5. The molecule has 1 heterocycles. The molecule has 1 saturated heterocycles. The van der Waals surface area contributed by atoms with E-state index in [0.29, 0.717) is 13.2 Å². The van der Waals surface area contributed by atoms with Gasteiger partial charge < -0.3 is 14.3 Å². The van der Waals surface area contributed by atoms with Crippen LogP contribution >= 0.6 is 0 Å². The summed E-state index contributed by atoms with van der Waals surface area (Å²) in [5, 5.41) is 4.40. The van der Waals surface area contributed by atoms with E-state index in [1.54, 1.807) is 0 Å². The molecule has 30 heavy (non-hydrogen) atoms. The molecule has 0 aliphatic carbocycles. The van der Waals surface area contributed by atoms with E-state index < -0.39 is 5.97 Å². The van der Waals surface area contributed by atoms with E-state index in [9.17, 15) is 4.79 Å². The summed E-state index contributed by atoms with van der Waals surface area (Å²) in [6.07, 6.45) is 0. The summed E-state index contributed by atoms with van der Waals surface area (Å²) in [6, 6.07) is 17.7. The van der Waals surface area contributed by atoms with Crippen LogP contribution in [-0.4, -0.2) is 62.9 Å². The number of nitrogens with zero attached hydrogens (tertiary/aromatic N) is 2. The maximum Gasteiger partial charge on any atom is 0.347 e. The van der Waals surface area contributed by atoms with E-state index in [4.69, 9.17) is 14.3 Å². The Balaban J connectivity index is 1.68. The minimum atomic E-state index is -0.449. The molecule has 0 spiro atoms. The first kappa shape index (κ1) is 22.1. The fourth-order valence-corrected chi connectivity index (χ4v) is 3.43. The summed E-state index contributed by atoms with van der Waals surface area (Å²) in [6.45, 7) is 7.24. The Bertz CT molecular complexity index is 847. The standard InChI is InChI=1S/C23H29BN2O4/c1-23(2,26-12-14-28-15-13-26)22(19-8-10-20(24)11-9-19)25-30-17-21(27)29-16-18-6-4-3-5-7-18/h3-11H,12-17,24H2,1-2H3/b25-22-. The highest BCUT2D eigenvalue weighted by atomic mass is 16.7. The lowest BCUT2D eigenvalue weighted by molar-refractivity contribution is -0.150. The minimum Gasteiger partial charge on any atom is -0.458 e. The summed E-state index contributed by atoms with van der Waals surface area (Å²) in [5.41, 5.74) is 3.47. The van der Waals surface area contributed by atoms with Crippen molar-refractivity contribution in [1.82, 2.24) is 4.90 Å². The number of hydrogen-bond acceptors (Lipinski definition) is 6. The van der Waals surface area contributed by atoms with Crippen LogP contribution in [0.4, 0.5) is 0 Å². The predicted molar refractivity (Wildman–Crippen MR) is 120 cm³/mol. The fourth-order valence-electron chi connectivity index (χ4n) is 3.43. The number of benzene rings is 2. The molecule has 0 N–H and O–H groups in total. The zero-order chi connectivity index (χ0) is 21.4. The minimum absolute atomic E-state index is 0.219. The van der Waals surface area contributed by atoms with Crippen molar-refractivity contribution in [3.63, 3.8) is 0 Å². The second-order valence-electron chi connectivity index (χ2n) is 7.88. The lowest BCUT2D eigenvalue weighted by Crippen LogP contribution is -2.54. The van der Waals surface area contributed by atoms with Crippen LogP contribution in [0, 0.1) is 0 Å². The van der Waals surface area contributed by atoms with Gasteiger partial charge in [-0.05, 0) is 19.4 Å². The van der Waals surface area contributed by atoms with E-state index >= 15 is 0 Å². The molecule has 6 nitrogen and oxygen atoms in total. The molecule has 3 rings (SSSR count). The molecule has 2 aromatic rings. The van der Waals surface area contributed by atoms with Crippen molar-refractivity contribution >= 4 is 25.0 Å². The Hall–Kier alpha value is -2.64. The predicted octanol–water partition coefficient (Wildman–Crippen LogP) is 1.52. The highest BCUT2D eigenvalue weighted by Gasteiger charge is 2.35. The van der Waals surface area contributed by atoms with E-state index in [1.165, 1.54) is 5.46 Å². The summed E-state index contributed by atoms with van der Waals surface area (Å²) < 4.78 is 10.8. The Kier molecular flexibility index (Phi) is 7.66.